The van der Waals surface area contributed by atoms with E-state index in [2.05, 4.69) is 25.6 Å². The van der Waals surface area contributed by atoms with Gasteiger partial charge in [0.25, 0.3) is 0 Å². The third kappa shape index (κ3) is 3.02. The number of rotatable bonds is 4. The summed E-state index contributed by atoms with van der Waals surface area (Å²) in [4.78, 5) is 8.54. The van der Waals surface area contributed by atoms with Gasteiger partial charge in [-0.15, -0.1) is 0 Å². The van der Waals surface area contributed by atoms with Crippen LogP contribution in [0.25, 0.3) is 16.7 Å². The molecular weight excluding hydrogens is 316 g/mol. The van der Waals surface area contributed by atoms with Gasteiger partial charge in [-0.2, -0.15) is 10.2 Å². The number of nitrogens with zero attached hydrogens (tertiary/aromatic N) is 5. The normalized spacial score (nSPS) is 11.2. The summed E-state index contributed by atoms with van der Waals surface area (Å²) in [7, 11) is 0. The highest BCUT2D eigenvalue weighted by Gasteiger charge is 2.10. The second kappa shape index (κ2) is 6.40. The van der Waals surface area contributed by atoms with E-state index in [0.717, 1.165) is 16.6 Å². The Labute approximate surface area is 143 Å². The highest BCUT2D eigenvalue weighted by molar-refractivity contribution is 5.88. The van der Waals surface area contributed by atoms with Gasteiger partial charge in [0.05, 0.1) is 23.5 Å². The minimum Gasteiger partial charge on any atom is -0.508 e. The zero-order chi connectivity index (χ0) is 17.1. The molecule has 0 atom stereocenters. The standard InChI is InChI=1S/C18H14N6O/c25-15-8-4-5-13(9-15)10-21-23-17-16-11-22-24(18(16)20-12-19-17)14-6-2-1-3-7-14/h1-12,25H,(H,19,20,23)/b21-10+. The molecule has 7 nitrogen and oxygen atoms in total. The molecule has 0 aliphatic heterocycles. The van der Waals surface area contributed by atoms with E-state index in [1.165, 1.54) is 6.33 Å². The monoisotopic (exact) mass is 330 g/mol. The molecule has 7 heteroatoms. The largest absolute Gasteiger partial charge is 0.508 e. The van der Waals surface area contributed by atoms with Crippen LogP contribution in [0.4, 0.5) is 5.82 Å². The van der Waals surface area contributed by atoms with Gasteiger partial charge in [0.1, 0.15) is 12.1 Å². The van der Waals surface area contributed by atoms with E-state index in [4.69, 9.17) is 0 Å². The topological polar surface area (TPSA) is 88.2 Å². The van der Waals surface area contributed by atoms with Crippen molar-refractivity contribution in [2.24, 2.45) is 5.10 Å². The van der Waals surface area contributed by atoms with Gasteiger partial charge < -0.3 is 5.11 Å². The quantitative estimate of drug-likeness (QED) is 0.444. The molecule has 0 aliphatic rings. The predicted octanol–water partition coefficient (Wildman–Crippen LogP) is 2.97. The lowest BCUT2D eigenvalue weighted by Gasteiger charge is -2.03. The van der Waals surface area contributed by atoms with E-state index < -0.39 is 0 Å². The fraction of sp³-hybridized carbons (Fsp3) is 0. The van der Waals surface area contributed by atoms with Crippen molar-refractivity contribution in [2.75, 3.05) is 5.43 Å². The Morgan fingerprint density at radius 1 is 1.04 bits per heavy atom. The van der Waals surface area contributed by atoms with Crippen molar-refractivity contribution in [3.8, 4) is 11.4 Å². The molecule has 0 saturated heterocycles. The number of hydrogen-bond donors (Lipinski definition) is 2. The number of hydrogen-bond acceptors (Lipinski definition) is 6. The summed E-state index contributed by atoms with van der Waals surface area (Å²) in [6.07, 6.45) is 4.78. The van der Waals surface area contributed by atoms with Crippen LogP contribution in [-0.2, 0) is 0 Å². The molecule has 0 saturated carbocycles. The molecule has 2 heterocycles. The Kier molecular flexibility index (Phi) is 3.80. The molecule has 2 aromatic heterocycles. The van der Waals surface area contributed by atoms with Crippen LogP contribution >= 0.6 is 0 Å². The van der Waals surface area contributed by atoms with Gasteiger partial charge in [-0.3, -0.25) is 5.43 Å². The second-order valence-electron chi connectivity index (χ2n) is 5.32. The maximum absolute atomic E-state index is 9.47. The highest BCUT2D eigenvalue weighted by atomic mass is 16.3. The smallest absolute Gasteiger partial charge is 0.168 e. The molecule has 0 fully saturated rings. The van der Waals surface area contributed by atoms with Crippen LogP contribution in [0.15, 0.2) is 72.2 Å². The van der Waals surface area contributed by atoms with Crippen molar-refractivity contribution in [2.45, 2.75) is 0 Å². The van der Waals surface area contributed by atoms with Gasteiger partial charge in [0.2, 0.25) is 0 Å². The molecule has 4 rings (SSSR count). The number of fused-ring (bicyclic) bond motifs is 1. The highest BCUT2D eigenvalue weighted by Crippen LogP contribution is 2.21. The Hall–Kier alpha value is -3.74. The van der Waals surface area contributed by atoms with E-state index in [0.29, 0.717) is 11.5 Å². The third-order valence-electron chi connectivity index (χ3n) is 3.62. The van der Waals surface area contributed by atoms with Gasteiger partial charge in [-0.1, -0.05) is 30.3 Å². The number of para-hydroxylation sites is 1. The maximum atomic E-state index is 9.47. The lowest BCUT2D eigenvalue weighted by atomic mass is 10.2. The zero-order valence-electron chi connectivity index (χ0n) is 13.1. The Morgan fingerprint density at radius 3 is 2.76 bits per heavy atom. The molecule has 0 aliphatic carbocycles. The number of nitrogens with one attached hydrogen (secondary N) is 1. The van der Waals surface area contributed by atoms with Gasteiger partial charge in [-0.05, 0) is 29.8 Å². The summed E-state index contributed by atoms with van der Waals surface area (Å²) < 4.78 is 1.75. The molecule has 0 unspecified atom stereocenters. The first-order valence-corrected chi connectivity index (χ1v) is 7.63. The summed E-state index contributed by atoms with van der Waals surface area (Å²) in [6.45, 7) is 0. The number of phenolic OH excluding ortho intramolecular Hbond substituents is 1. The van der Waals surface area contributed by atoms with E-state index in [1.807, 2.05) is 36.4 Å². The molecule has 25 heavy (non-hydrogen) atoms. The Bertz CT molecular complexity index is 1040. The van der Waals surface area contributed by atoms with Crippen molar-refractivity contribution in [3.63, 3.8) is 0 Å². The number of phenols is 1. The van der Waals surface area contributed by atoms with Crippen LogP contribution in [0.5, 0.6) is 5.75 Å². The number of anilines is 1. The predicted molar refractivity (Wildman–Crippen MR) is 96.0 cm³/mol. The molecular formula is C18H14N6O. The fourth-order valence-electron chi connectivity index (χ4n) is 2.46. The van der Waals surface area contributed by atoms with Crippen LogP contribution in [-0.4, -0.2) is 31.1 Å². The number of aromatic hydroxyl groups is 1. The molecule has 2 aromatic carbocycles. The molecule has 4 aromatic rings. The van der Waals surface area contributed by atoms with Crippen molar-refractivity contribution < 1.29 is 5.11 Å². The second-order valence-corrected chi connectivity index (χ2v) is 5.32. The molecule has 0 amide bonds. The summed E-state index contributed by atoms with van der Waals surface area (Å²) >= 11 is 0. The number of aromatic nitrogens is 4. The van der Waals surface area contributed by atoms with Crippen LogP contribution in [0.3, 0.4) is 0 Å². The first-order valence-electron chi connectivity index (χ1n) is 7.63. The SMILES string of the molecule is Oc1cccc(/C=N/Nc2ncnc3c2cnn3-c2ccccc2)c1. The van der Waals surface area contributed by atoms with Gasteiger partial charge in [0.15, 0.2) is 11.5 Å². The molecule has 122 valence electrons. The molecule has 0 radical (unpaired) electrons. The summed E-state index contributed by atoms with van der Waals surface area (Å²) in [5.41, 5.74) is 5.29. The van der Waals surface area contributed by atoms with Crippen LogP contribution in [0.1, 0.15) is 5.56 Å². The van der Waals surface area contributed by atoms with E-state index in [-0.39, 0.29) is 5.75 Å². The average molecular weight is 330 g/mol. The first-order chi connectivity index (χ1) is 12.3. The number of benzene rings is 2. The summed E-state index contributed by atoms with van der Waals surface area (Å²) in [6, 6.07) is 16.6. The van der Waals surface area contributed by atoms with Crippen molar-refractivity contribution in [1.82, 2.24) is 19.7 Å². The Balaban J connectivity index is 1.64. The van der Waals surface area contributed by atoms with Crippen molar-refractivity contribution in [3.05, 3.63) is 72.7 Å². The summed E-state index contributed by atoms with van der Waals surface area (Å²) in [5.74, 6) is 0.751. The average Bonchev–Trinajstić information content (AvgIpc) is 3.08. The first kappa shape index (κ1) is 14.8. The molecule has 0 bridgehead atoms. The third-order valence-corrected chi connectivity index (χ3v) is 3.62. The number of hydrazone groups is 1. The summed E-state index contributed by atoms with van der Waals surface area (Å²) in [5, 5.41) is 18.8. The zero-order valence-corrected chi connectivity index (χ0v) is 13.1. The van der Waals surface area contributed by atoms with Crippen molar-refractivity contribution in [1.29, 1.82) is 0 Å². The van der Waals surface area contributed by atoms with Gasteiger partial charge in [0, 0.05) is 0 Å². The minimum atomic E-state index is 0.192. The van der Waals surface area contributed by atoms with Gasteiger partial charge >= 0.3 is 0 Å². The lowest BCUT2D eigenvalue weighted by molar-refractivity contribution is 0.475. The van der Waals surface area contributed by atoms with E-state index in [1.54, 1.807) is 35.3 Å². The Morgan fingerprint density at radius 2 is 1.92 bits per heavy atom. The van der Waals surface area contributed by atoms with E-state index in [9.17, 15) is 5.11 Å². The lowest BCUT2D eigenvalue weighted by Crippen LogP contribution is -1.99. The van der Waals surface area contributed by atoms with Crippen LogP contribution in [0.2, 0.25) is 0 Å². The van der Waals surface area contributed by atoms with Crippen molar-refractivity contribution >= 4 is 23.1 Å². The fourth-order valence-corrected chi connectivity index (χ4v) is 2.46. The van der Waals surface area contributed by atoms with Gasteiger partial charge in [-0.25, -0.2) is 14.6 Å². The van der Waals surface area contributed by atoms with Crippen LogP contribution < -0.4 is 5.43 Å². The van der Waals surface area contributed by atoms with E-state index >= 15 is 0 Å². The minimum absolute atomic E-state index is 0.192. The molecule has 0 spiro atoms. The molecule has 2 N–H and O–H groups in total. The van der Waals surface area contributed by atoms with Crippen LogP contribution in [0, 0.1) is 0 Å². The maximum Gasteiger partial charge on any atom is 0.168 e.